The highest BCUT2D eigenvalue weighted by atomic mass is 35.5. The van der Waals surface area contributed by atoms with Gasteiger partial charge in [-0.25, -0.2) is 0 Å². The zero-order valence-corrected chi connectivity index (χ0v) is 12.6. The molecule has 1 amide bonds. The number of carbonyl (C=O) groups excluding carboxylic acids is 1. The number of carbonyl (C=O) groups is 1. The summed E-state index contributed by atoms with van der Waals surface area (Å²) in [6, 6.07) is 7.51. The molecule has 0 aromatic heterocycles. The predicted molar refractivity (Wildman–Crippen MR) is 79.7 cm³/mol. The van der Waals surface area contributed by atoms with Gasteiger partial charge in [0.15, 0.2) is 0 Å². The lowest BCUT2D eigenvalue weighted by molar-refractivity contribution is -0.127. The van der Waals surface area contributed by atoms with Crippen LogP contribution in [0, 0.1) is 16.7 Å². The van der Waals surface area contributed by atoms with Gasteiger partial charge in [0.1, 0.15) is 5.41 Å². The monoisotopic (exact) mass is 310 g/mol. The normalized spacial score (nSPS) is 16.6. The lowest BCUT2D eigenvalue weighted by atomic mass is 9.87. The first-order valence-corrected chi connectivity index (χ1v) is 7.46. The highest BCUT2D eigenvalue weighted by molar-refractivity contribution is 6.35. The van der Waals surface area contributed by atoms with Crippen molar-refractivity contribution in [1.82, 2.24) is 5.32 Å². The number of rotatable bonds is 4. The van der Waals surface area contributed by atoms with E-state index >= 15 is 0 Å². The number of nitrogens with zero attached hydrogens (tertiary/aromatic N) is 1. The highest BCUT2D eigenvalue weighted by Crippen LogP contribution is 2.37. The van der Waals surface area contributed by atoms with Gasteiger partial charge in [0, 0.05) is 16.6 Å². The Morgan fingerprint density at radius 2 is 2.05 bits per heavy atom. The second-order valence-electron chi connectivity index (χ2n) is 5.14. The Labute approximate surface area is 128 Å². The van der Waals surface area contributed by atoms with Gasteiger partial charge in [-0.15, -0.1) is 0 Å². The van der Waals surface area contributed by atoms with Crippen LogP contribution in [0.25, 0.3) is 0 Å². The zero-order chi connectivity index (χ0) is 14.6. The van der Waals surface area contributed by atoms with E-state index in [1.54, 1.807) is 12.1 Å². The third-order valence-corrected chi connectivity index (χ3v) is 4.39. The molecular weight excluding hydrogens is 295 g/mol. The Hall–Kier alpha value is -1.24. The van der Waals surface area contributed by atoms with Crippen LogP contribution in [-0.2, 0) is 11.2 Å². The molecule has 0 saturated heterocycles. The number of hydrogen-bond donors (Lipinski definition) is 1. The Bertz CT molecular complexity index is 545. The van der Waals surface area contributed by atoms with Crippen molar-refractivity contribution in [3.05, 3.63) is 33.8 Å². The lowest BCUT2D eigenvalue weighted by Gasteiger charge is -2.19. The molecule has 0 spiro atoms. The average Bonchev–Trinajstić information content (AvgIpc) is 2.91. The molecule has 0 bridgehead atoms. The summed E-state index contributed by atoms with van der Waals surface area (Å²) in [6.45, 7) is 0.476. The van der Waals surface area contributed by atoms with Crippen molar-refractivity contribution in [2.24, 2.45) is 5.41 Å². The van der Waals surface area contributed by atoms with Crippen molar-refractivity contribution in [3.8, 4) is 6.07 Å². The van der Waals surface area contributed by atoms with E-state index in [1.165, 1.54) is 0 Å². The molecule has 1 fully saturated rings. The fraction of sp³-hybridized carbons (Fsp3) is 0.467. The van der Waals surface area contributed by atoms with Crippen LogP contribution < -0.4 is 5.32 Å². The summed E-state index contributed by atoms with van der Waals surface area (Å²) in [7, 11) is 0. The number of nitriles is 1. The van der Waals surface area contributed by atoms with Crippen LogP contribution in [0.5, 0.6) is 0 Å². The SMILES string of the molecule is N#CC1(C(=O)NCCc2ccc(Cl)cc2Cl)CCCC1. The zero-order valence-electron chi connectivity index (χ0n) is 11.1. The van der Waals surface area contributed by atoms with Gasteiger partial charge in [0.25, 0.3) is 0 Å². The average molecular weight is 311 g/mol. The first-order valence-electron chi connectivity index (χ1n) is 6.71. The quantitative estimate of drug-likeness (QED) is 0.921. The Morgan fingerprint density at radius 1 is 1.35 bits per heavy atom. The number of nitrogens with one attached hydrogen (secondary N) is 1. The third-order valence-electron chi connectivity index (χ3n) is 3.80. The minimum atomic E-state index is -0.816. The Balaban J connectivity index is 1.90. The summed E-state index contributed by atoms with van der Waals surface area (Å²) >= 11 is 11.9. The van der Waals surface area contributed by atoms with E-state index in [-0.39, 0.29) is 5.91 Å². The molecule has 106 valence electrons. The molecular formula is C15H16Cl2N2O. The standard InChI is InChI=1S/C15H16Cl2N2O/c16-12-4-3-11(13(17)9-12)5-8-19-14(20)15(10-18)6-1-2-7-15/h3-4,9H,1-2,5-8H2,(H,19,20). The lowest BCUT2D eigenvalue weighted by Crippen LogP contribution is -2.39. The molecule has 1 aromatic rings. The highest BCUT2D eigenvalue weighted by Gasteiger charge is 2.41. The minimum absolute atomic E-state index is 0.150. The first-order chi connectivity index (χ1) is 9.57. The third kappa shape index (κ3) is 3.26. The minimum Gasteiger partial charge on any atom is -0.354 e. The van der Waals surface area contributed by atoms with Gasteiger partial charge in [0.2, 0.25) is 5.91 Å². The van der Waals surface area contributed by atoms with E-state index in [0.29, 0.717) is 35.9 Å². The molecule has 0 unspecified atom stereocenters. The summed E-state index contributed by atoms with van der Waals surface area (Å²) in [5.41, 5.74) is 0.123. The van der Waals surface area contributed by atoms with Crippen molar-refractivity contribution in [2.75, 3.05) is 6.54 Å². The van der Waals surface area contributed by atoms with Crippen LogP contribution >= 0.6 is 23.2 Å². The van der Waals surface area contributed by atoms with E-state index < -0.39 is 5.41 Å². The maximum atomic E-state index is 12.1. The van der Waals surface area contributed by atoms with Gasteiger partial charge in [-0.05, 0) is 37.0 Å². The first kappa shape index (κ1) is 15.2. The van der Waals surface area contributed by atoms with Gasteiger partial charge in [-0.1, -0.05) is 42.1 Å². The largest absolute Gasteiger partial charge is 0.354 e. The van der Waals surface area contributed by atoms with Crippen LogP contribution in [0.1, 0.15) is 31.2 Å². The molecule has 1 saturated carbocycles. The molecule has 5 heteroatoms. The second-order valence-corrected chi connectivity index (χ2v) is 5.99. The maximum Gasteiger partial charge on any atom is 0.240 e. The fourth-order valence-electron chi connectivity index (χ4n) is 2.57. The number of amides is 1. The van der Waals surface area contributed by atoms with Gasteiger partial charge in [-0.3, -0.25) is 4.79 Å². The molecule has 1 aliphatic rings. The number of halogens is 2. The summed E-state index contributed by atoms with van der Waals surface area (Å²) in [5.74, 6) is -0.150. The summed E-state index contributed by atoms with van der Waals surface area (Å²) in [6.07, 6.45) is 3.85. The molecule has 1 N–H and O–H groups in total. The van der Waals surface area contributed by atoms with Crippen molar-refractivity contribution in [1.29, 1.82) is 5.26 Å². The summed E-state index contributed by atoms with van der Waals surface area (Å²) < 4.78 is 0. The second kappa shape index (κ2) is 6.47. The molecule has 1 aliphatic carbocycles. The van der Waals surface area contributed by atoms with Gasteiger partial charge < -0.3 is 5.32 Å². The van der Waals surface area contributed by atoms with Crippen LogP contribution in [0.3, 0.4) is 0 Å². The van der Waals surface area contributed by atoms with Gasteiger partial charge in [0.05, 0.1) is 6.07 Å². The van der Waals surface area contributed by atoms with E-state index in [2.05, 4.69) is 11.4 Å². The summed E-state index contributed by atoms with van der Waals surface area (Å²) in [5, 5.41) is 13.3. The molecule has 20 heavy (non-hydrogen) atoms. The van der Waals surface area contributed by atoms with E-state index in [0.717, 1.165) is 18.4 Å². The van der Waals surface area contributed by atoms with Crippen LogP contribution in [0.4, 0.5) is 0 Å². The molecule has 0 atom stereocenters. The van der Waals surface area contributed by atoms with Crippen molar-refractivity contribution < 1.29 is 4.79 Å². The van der Waals surface area contributed by atoms with Crippen molar-refractivity contribution in [2.45, 2.75) is 32.1 Å². The van der Waals surface area contributed by atoms with Crippen molar-refractivity contribution >= 4 is 29.1 Å². The Morgan fingerprint density at radius 3 is 2.65 bits per heavy atom. The van der Waals surface area contributed by atoms with Crippen LogP contribution in [-0.4, -0.2) is 12.5 Å². The molecule has 0 aliphatic heterocycles. The topological polar surface area (TPSA) is 52.9 Å². The van der Waals surface area contributed by atoms with E-state index in [9.17, 15) is 10.1 Å². The van der Waals surface area contributed by atoms with Gasteiger partial charge >= 0.3 is 0 Å². The molecule has 0 heterocycles. The van der Waals surface area contributed by atoms with Crippen LogP contribution in [0.15, 0.2) is 18.2 Å². The molecule has 3 nitrogen and oxygen atoms in total. The van der Waals surface area contributed by atoms with Crippen LogP contribution in [0.2, 0.25) is 10.0 Å². The summed E-state index contributed by atoms with van der Waals surface area (Å²) in [4.78, 5) is 12.1. The maximum absolute atomic E-state index is 12.1. The number of hydrogen-bond acceptors (Lipinski definition) is 2. The predicted octanol–water partition coefficient (Wildman–Crippen LogP) is 3.74. The van der Waals surface area contributed by atoms with E-state index in [4.69, 9.17) is 23.2 Å². The molecule has 2 rings (SSSR count). The fourth-order valence-corrected chi connectivity index (χ4v) is 3.08. The van der Waals surface area contributed by atoms with Crippen molar-refractivity contribution in [3.63, 3.8) is 0 Å². The number of benzene rings is 1. The molecule has 1 aromatic carbocycles. The molecule has 0 radical (unpaired) electrons. The smallest absolute Gasteiger partial charge is 0.240 e. The Kier molecular flexibility index (Phi) is 4.91. The van der Waals surface area contributed by atoms with E-state index in [1.807, 2.05) is 6.07 Å². The van der Waals surface area contributed by atoms with Gasteiger partial charge in [-0.2, -0.15) is 5.26 Å².